The number of imidazole rings is 1. The maximum absolute atomic E-state index is 12.7. The van der Waals surface area contributed by atoms with Crippen molar-refractivity contribution in [3.8, 4) is 0 Å². The van der Waals surface area contributed by atoms with Crippen LogP contribution in [-0.4, -0.2) is 36.1 Å². The number of benzene rings is 1. The molecule has 130 valence electrons. The molecule has 1 N–H and O–H groups in total. The predicted octanol–water partition coefficient (Wildman–Crippen LogP) is 2.31. The summed E-state index contributed by atoms with van der Waals surface area (Å²) in [7, 11) is -2.31. The molecule has 1 aromatic heterocycles. The van der Waals surface area contributed by atoms with Crippen LogP contribution < -0.4 is 4.31 Å². The van der Waals surface area contributed by atoms with E-state index in [-0.39, 0.29) is 17.5 Å². The van der Waals surface area contributed by atoms with E-state index in [0.29, 0.717) is 12.1 Å². The van der Waals surface area contributed by atoms with Crippen LogP contribution in [0, 0.1) is 0 Å². The first-order valence-corrected chi connectivity index (χ1v) is 8.99. The molecule has 0 aliphatic carbocycles. The summed E-state index contributed by atoms with van der Waals surface area (Å²) in [5.74, 6) is -0.888. The zero-order valence-electron chi connectivity index (χ0n) is 13.9. The Kier molecular flexibility index (Phi) is 5.28. The Morgan fingerprint density at radius 1 is 1.38 bits per heavy atom. The third-order valence-corrected chi connectivity index (χ3v) is 5.37. The topological polar surface area (TPSA) is 92.5 Å². The second-order valence-corrected chi connectivity index (χ2v) is 7.71. The van der Waals surface area contributed by atoms with Gasteiger partial charge in [0.05, 0.1) is 12.0 Å². The summed E-state index contributed by atoms with van der Waals surface area (Å²) in [5, 5.41) is 8.74. The zero-order valence-corrected chi connectivity index (χ0v) is 14.7. The van der Waals surface area contributed by atoms with Gasteiger partial charge in [-0.15, -0.1) is 0 Å². The molecule has 0 atom stereocenters. The van der Waals surface area contributed by atoms with Crippen LogP contribution in [0.2, 0.25) is 0 Å². The smallest absolute Gasteiger partial charge is 0.303 e. The minimum absolute atomic E-state index is 0.00128. The molecular weight excluding hydrogens is 330 g/mol. The fourth-order valence-electron chi connectivity index (χ4n) is 2.17. The number of carbonyl (C=O) groups is 1. The molecule has 0 amide bonds. The molecular formula is C16H21N3O4S. The highest BCUT2D eigenvalue weighted by Crippen LogP contribution is 2.23. The molecule has 0 bridgehead atoms. The van der Waals surface area contributed by atoms with Crippen molar-refractivity contribution in [3.05, 3.63) is 42.4 Å². The predicted molar refractivity (Wildman–Crippen MR) is 90.6 cm³/mol. The van der Waals surface area contributed by atoms with Crippen molar-refractivity contribution >= 4 is 21.7 Å². The highest BCUT2D eigenvalue weighted by atomic mass is 32.2. The standard InChI is InChI=1S/C16H21N3O4S/c1-12(2)19-10-15(17-11-19)24(22,23)18(3)14-6-4-5-13(9-14)7-8-16(20)21/h4-6,9-12H,7-8H2,1-3H3,(H,20,21). The van der Waals surface area contributed by atoms with Crippen molar-refractivity contribution in [1.82, 2.24) is 9.55 Å². The van der Waals surface area contributed by atoms with E-state index in [4.69, 9.17) is 5.11 Å². The Morgan fingerprint density at radius 3 is 2.67 bits per heavy atom. The molecule has 0 radical (unpaired) electrons. The van der Waals surface area contributed by atoms with Crippen LogP contribution in [0.1, 0.15) is 31.9 Å². The highest BCUT2D eigenvalue weighted by molar-refractivity contribution is 7.92. The van der Waals surface area contributed by atoms with Gasteiger partial charge in [-0.1, -0.05) is 12.1 Å². The lowest BCUT2D eigenvalue weighted by molar-refractivity contribution is -0.136. The number of aliphatic carboxylic acids is 1. The van der Waals surface area contributed by atoms with Crippen molar-refractivity contribution in [2.75, 3.05) is 11.4 Å². The van der Waals surface area contributed by atoms with E-state index in [1.807, 2.05) is 13.8 Å². The lowest BCUT2D eigenvalue weighted by atomic mass is 10.1. The van der Waals surface area contributed by atoms with Gasteiger partial charge < -0.3 is 9.67 Å². The number of hydrogen-bond acceptors (Lipinski definition) is 4. The second kappa shape index (κ2) is 7.04. The molecule has 0 fully saturated rings. The largest absolute Gasteiger partial charge is 0.481 e. The monoisotopic (exact) mass is 351 g/mol. The maximum Gasteiger partial charge on any atom is 0.303 e. The molecule has 2 aromatic rings. The summed E-state index contributed by atoms with van der Waals surface area (Å²) >= 11 is 0. The highest BCUT2D eigenvalue weighted by Gasteiger charge is 2.24. The van der Waals surface area contributed by atoms with E-state index in [9.17, 15) is 13.2 Å². The first-order valence-electron chi connectivity index (χ1n) is 7.55. The van der Waals surface area contributed by atoms with Crippen molar-refractivity contribution in [3.63, 3.8) is 0 Å². The summed E-state index contributed by atoms with van der Waals surface area (Å²) in [6.07, 6.45) is 3.34. The minimum atomic E-state index is -3.77. The van der Waals surface area contributed by atoms with Gasteiger partial charge in [-0.25, -0.2) is 4.98 Å². The Morgan fingerprint density at radius 2 is 2.08 bits per heavy atom. The van der Waals surface area contributed by atoms with Gasteiger partial charge in [0.2, 0.25) is 0 Å². The maximum atomic E-state index is 12.7. The molecule has 0 aliphatic heterocycles. The number of rotatable bonds is 7. The molecule has 2 rings (SSSR count). The Balaban J connectivity index is 2.27. The third-order valence-electron chi connectivity index (χ3n) is 3.70. The van der Waals surface area contributed by atoms with Crippen LogP contribution in [0.4, 0.5) is 5.69 Å². The lowest BCUT2D eigenvalue weighted by Crippen LogP contribution is -2.27. The van der Waals surface area contributed by atoms with Crippen molar-refractivity contribution in [1.29, 1.82) is 0 Å². The van der Waals surface area contributed by atoms with Crippen LogP contribution in [0.15, 0.2) is 41.8 Å². The molecule has 8 heteroatoms. The number of sulfonamides is 1. The van der Waals surface area contributed by atoms with E-state index >= 15 is 0 Å². The van der Waals surface area contributed by atoms with Gasteiger partial charge in [0, 0.05) is 25.7 Å². The molecule has 0 unspecified atom stereocenters. The fourth-order valence-corrected chi connectivity index (χ4v) is 3.28. The molecule has 1 aromatic carbocycles. The van der Waals surface area contributed by atoms with Crippen LogP contribution >= 0.6 is 0 Å². The van der Waals surface area contributed by atoms with Crippen molar-refractivity contribution in [2.45, 2.75) is 37.8 Å². The molecule has 7 nitrogen and oxygen atoms in total. The van der Waals surface area contributed by atoms with Gasteiger partial charge in [0.1, 0.15) is 0 Å². The van der Waals surface area contributed by atoms with Gasteiger partial charge in [0.15, 0.2) is 5.03 Å². The van der Waals surface area contributed by atoms with Gasteiger partial charge >= 0.3 is 5.97 Å². The first-order chi connectivity index (χ1) is 11.2. The van der Waals surface area contributed by atoms with Crippen LogP contribution in [0.5, 0.6) is 0 Å². The van der Waals surface area contributed by atoms with E-state index < -0.39 is 16.0 Å². The molecule has 1 heterocycles. The normalized spacial score (nSPS) is 11.7. The number of hydrogen-bond donors (Lipinski definition) is 1. The summed E-state index contributed by atoms with van der Waals surface area (Å²) in [5.41, 5.74) is 1.24. The zero-order chi connectivity index (χ0) is 17.9. The summed E-state index contributed by atoms with van der Waals surface area (Å²) in [6.45, 7) is 3.88. The first kappa shape index (κ1) is 18.0. The SMILES string of the molecule is CC(C)n1cnc(S(=O)(=O)N(C)c2cccc(CCC(=O)O)c2)c1. The van der Waals surface area contributed by atoms with Gasteiger partial charge in [0.25, 0.3) is 10.0 Å². The summed E-state index contributed by atoms with van der Waals surface area (Å²) in [4.78, 5) is 14.7. The van der Waals surface area contributed by atoms with Gasteiger partial charge in [-0.3, -0.25) is 9.10 Å². The summed E-state index contributed by atoms with van der Waals surface area (Å²) < 4.78 is 28.3. The summed E-state index contributed by atoms with van der Waals surface area (Å²) in [6, 6.07) is 6.96. The number of nitrogens with zero attached hydrogens (tertiary/aromatic N) is 3. The number of aryl methyl sites for hydroxylation is 1. The average Bonchev–Trinajstić information content (AvgIpc) is 3.03. The Bertz CT molecular complexity index is 827. The van der Waals surface area contributed by atoms with E-state index in [2.05, 4.69) is 4.98 Å². The molecule has 0 saturated heterocycles. The minimum Gasteiger partial charge on any atom is -0.481 e. The molecule has 24 heavy (non-hydrogen) atoms. The number of carboxylic acids is 1. The fraction of sp³-hybridized carbons (Fsp3) is 0.375. The van der Waals surface area contributed by atoms with E-state index in [1.165, 1.54) is 19.6 Å². The van der Waals surface area contributed by atoms with Gasteiger partial charge in [-0.2, -0.15) is 8.42 Å². The number of anilines is 1. The van der Waals surface area contributed by atoms with Gasteiger partial charge in [-0.05, 0) is 38.0 Å². The van der Waals surface area contributed by atoms with E-state index in [1.54, 1.807) is 28.8 Å². The van der Waals surface area contributed by atoms with Crippen LogP contribution in [0.25, 0.3) is 0 Å². The molecule has 0 aliphatic rings. The van der Waals surface area contributed by atoms with E-state index in [0.717, 1.165) is 9.87 Å². The quantitative estimate of drug-likeness (QED) is 0.826. The molecule has 0 spiro atoms. The number of carboxylic acid groups (broad SMARTS) is 1. The van der Waals surface area contributed by atoms with Crippen molar-refractivity contribution < 1.29 is 18.3 Å². The number of aromatic nitrogens is 2. The average molecular weight is 351 g/mol. The third kappa shape index (κ3) is 3.94. The second-order valence-electron chi connectivity index (χ2n) is 5.79. The van der Waals surface area contributed by atoms with Crippen LogP contribution in [0.3, 0.4) is 0 Å². The Hall–Kier alpha value is -2.35. The molecule has 0 saturated carbocycles. The lowest BCUT2D eigenvalue weighted by Gasteiger charge is -2.18. The Labute approximate surface area is 141 Å². The van der Waals surface area contributed by atoms with Crippen LogP contribution in [-0.2, 0) is 21.2 Å². The van der Waals surface area contributed by atoms with Crippen molar-refractivity contribution in [2.24, 2.45) is 0 Å².